The van der Waals surface area contributed by atoms with Gasteiger partial charge in [0.15, 0.2) is 0 Å². The molecule has 2 unspecified atom stereocenters. The quantitative estimate of drug-likeness (QED) is 0.349. The lowest BCUT2D eigenvalue weighted by Crippen LogP contribution is -2.41. The van der Waals surface area contributed by atoms with E-state index in [0.717, 1.165) is 60.0 Å². The Kier molecular flexibility index (Phi) is 7.21. The molecule has 0 bridgehead atoms. The molecule has 0 aliphatic heterocycles. The van der Waals surface area contributed by atoms with Crippen LogP contribution in [0.2, 0.25) is 0 Å². The van der Waals surface area contributed by atoms with Gasteiger partial charge in [0, 0.05) is 39.8 Å². The zero-order valence-corrected chi connectivity index (χ0v) is 20.7. The van der Waals surface area contributed by atoms with Crippen molar-refractivity contribution in [2.45, 2.75) is 77.2 Å². The van der Waals surface area contributed by atoms with E-state index in [1.807, 2.05) is 42.5 Å². The van der Waals surface area contributed by atoms with Crippen LogP contribution in [-0.2, 0) is 4.79 Å². The van der Waals surface area contributed by atoms with Gasteiger partial charge in [-0.1, -0.05) is 57.6 Å². The first kappa shape index (κ1) is 23.7. The molecule has 2 fully saturated rings. The first-order chi connectivity index (χ1) is 17.1. The largest absolute Gasteiger partial charge is 0.355 e. The number of fused-ring (bicyclic) bond motifs is 1. The van der Waals surface area contributed by atoms with Crippen LogP contribution in [0, 0.1) is 11.8 Å². The van der Waals surface area contributed by atoms with Gasteiger partial charge in [0.05, 0.1) is 0 Å². The van der Waals surface area contributed by atoms with Crippen molar-refractivity contribution in [1.82, 2.24) is 10.3 Å². The summed E-state index contributed by atoms with van der Waals surface area (Å²) in [4.78, 5) is 29.0. The van der Waals surface area contributed by atoms with Crippen LogP contribution >= 0.6 is 0 Å². The summed E-state index contributed by atoms with van der Waals surface area (Å²) in [5.41, 5.74) is 4.61. The highest BCUT2D eigenvalue weighted by atomic mass is 16.2. The van der Waals surface area contributed by atoms with Crippen molar-refractivity contribution >= 4 is 28.4 Å². The Morgan fingerprint density at radius 2 is 1.54 bits per heavy atom. The van der Waals surface area contributed by atoms with E-state index < -0.39 is 0 Å². The number of carbonyl (C=O) groups excluding carboxylic acids is 2. The molecular weight excluding hydrogens is 434 g/mol. The third-order valence-corrected chi connectivity index (χ3v) is 8.00. The molecule has 0 radical (unpaired) electrons. The average molecular weight is 472 g/mol. The number of hydrogen-bond donors (Lipinski definition) is 3. The topological polar surface area (TPSA) is 74.0 Å². The first-order valence-corrected chi connectivity index (χ1v) is 13.4. The number of aromatic amines is 1. The number of amides is 2. The Balaban J connectivity index is 1.25. The van der Waals surface area contributed by atoms with E-state index >= 15 is 0 Å². The highest BCUT2D eigenvalue weighted by molar-refractivity contribution is 5.99. The summed E-state index contributed by atoms with van der Waals surface area (Å²) in [6.45, 7) is 2.24. The van der Waals surface area contributed by atoms with Crippen molar-refractivity contribution in [2.75, 3.05) is 5.32 Å². The van der Waals surface area contributed by atoms with Crippen LogP contribution in [0.15, 0.2) is 48.5 Å². The Morgan fingerprint density at radius 3 is 2.29 bits per heavy atom. The maximum atomic E-state index is 12.9. The van der Waals surface area contributed by atoms with E-state index in [-0.39, 0.29) is 23.8 Å². The molecule has 5 heteroatoms. The highest BCUT2D eigenvalue weighted by Gasteiger charge is 2.23. The fourth-order valence-electron chi connectivity index (χ4n) is 5.73. The van der Waals surface area contributed by atoms with Crippen molar-refractivity contribution in [2.24, 2.45) is 11.8 Å². The molecule has 1 heterocycles. The van der Waals surface area contributed by atoms with Gasteiger partial charge in [0.2, 0.25) is 5.91 Å². The van der Waals surface area contributed by atoms with Gasteiger partial charge in [-0.05, 0) is 73.6 Å². The summed E-state index contributed by atoms with van der Waals surface area (Å²) in [5, 5.41) is 7.38. The van der Waals surface area contributed by atoms with Gasteiger partial charge < -0.3 is 15.6 Å². The van der Waals surface area contributed by atoms with Gasteiger partial charge in [-0.2, -0.15) is 0 Å². The molecule has 35 heavy (non-hydrogen) atoms. The molecule has 2 amide bonds. The minimum Gasteiger partial charge on any atom is -0.355 e. The fourth-order valence-corrected chi connectivity index (χ4v) is 5.73. The number of anilines is 1. The predicted octanol–water partition coefficient (Wildman–Crippen LogP) is 7.05. The number of carbonyl (C=O) groups is 2. The normalized spacial score (nSPS) is 21.4. The van der Waals surface area contributed by atoms with Gasteiger partial charge in [-0.15, -0.1) is 0 Å². The van der Waals surface area contributed by atoms with Crippen LogP contribution < -0.4 is 10.6 Å². The second-order valence-corrected chi connectivity index (χ2v) is 10.6. The van der Waals surface area contributed by atoms with E-state index in [1.54, 1.807) is 0 Å². The Labute approximate surface area is 208 Å². The molecule has 0 spiro atoms. The van der Waals surface area contributed by atoms with Crippen LogP contribution in [0.25, 0.3) is 22.2 Å². The average Bonchev–Trinajstić information content (AvgIpc) is 3.10. The SMILES string of the molecule is CC1CCCCC1NC(=O)c1ccc2[nH]c(-c3ccc(NC(=O)C4CCCCCC4)cc3)cc2c1. The second kappa shape index (κ2) is 10.7. The van der Waals surface area contributed by atoms with E-state index in [0.29, 0.717) is 11.5 Å². The molecule has 2 aromatic carbocycles. The predicted molar refractivity (Wildman–Crippen MR) is 142 cm³/mol. The van der Waals surface area contributed by atoms with Gasteiger partial charge >= 0.3 is 0 Å². The van der Waals surface area contributed by atoms with Gasteiger partial charge in [0.25, 0.3) is 5.91 Å². The monoisotopic (exact) mass is 471 g/mol. The number of nitrogens with one attached hydrogen (secondary N) is 3. The number of rotatable bonds is 5. The molecule has 1 aromatic heterocycles. The van der Waals surface area contributed by atoms with Crippen LogP contribution in [0.5, 0.6) is 0 Å². The minimum absolute atomic E-state index is 0.0159. The van der Waals surface area contributed by atoms with E-state index in [4.69, 9.17) is 0 Å². The van der Waals surface area contributed by atoms with Crippen molar-refractivity contribution in [3.05, 3.63) is 54.1 Å². The molecule has 5 rings (SSSR count). The third-order valence-electron chi connectivity index (χ3n) is 8.00. The smallest absolute Gasteiger partial charge is 0.251 e. The van der Waals surface area contributed by atoms with Gasteiger partial charge in [0.1, 0.15) is 0 Å². The number of benzene rings is 2. The number of H-pyrrole nitrogens is 1. The highest BCUT2D eigenvalue weighted by Crippen LogP contribution is 2.28. The zero-order valence-electron chi connectivity index (χ0n) is 20.7. The van der Waals surface area contributed by atoms with Crippen molar-refractivity contribution in [1.29, 1.82) is 0 Å². The molecule has 3 aromatic rings. The minimum atomic E-state index is 0.0159. The lowest BCUT2D eigenvalue weighted by Gasteiger charge is -2.29. The van der Waals surface area contributed by atoms with E-state index in [9.17, 15) is 9.59 Å². The van der Waals surface area contributed by atoms with E-state index in [1.165, 1.54) is 32.1 Å². The molecule has 3 N–H and O–H groups in total. The lowest BCUT2D eigenvalue weighted by molar-refractivity contribution is -0.120. The Morgan fingerprint density at radius 1 is 0.829 bits per heavy atom. The molecule has 0 saturated heterocycles. The molecule has 2 saturated carbocycles. The number of aromatic nitrogens is 1. The molecule has 2 aliphatic carbocycles. The summed E-state index contributed by atoms with van der Waals surface area (Å²) < 4.78 is 0. The van der Waals surface area contributed by atoms with Gasteiger partial charge in [-0.25, -0.2) is 0 Å². The summed E-state index contributed by atoms with van der Waals surface area (Å²) >= 11 is 0. The molecule has 2 atom stereocenters. The van der Waals surface area contributed by atoms with Crippen molar-refractivity contribution in [3.63, 3.8) is 0 Å². The molecule has 5 nitrogen and oxygen atoms in total. The first-order valence-electron chi connectivity index (χ1n) is 13.4. The third kappa shape index (κ3) is 5.61. The molecule has 184 valence electrons. The van der Waals surface area contributed by atoms with Crippen LogP contribution in [-0.4, -0.2) is 22.8 Å². The van der Waals surface area contributed by atoms with Crippen LogP contribution in [0.1, 0.15) is 81.5 Å². The Bertz CT molecular complexity index is 1170. The molecular formula is C30H37N3O2. The second-order valence-electron chi connectivity index (χ2n) is 10.6. The summed E-state index contributed by atoms with van der Waals surface area (Å²) in [6, 6.07) is 16.2. The zero-order chi connectivity index (χ0) is 24.2. The van der Waals surface area contributed by atoms with Crippen molar-refractivity contribution < 1.29 is 9.59 Å². The molecule has 2 aliphatic rings. The maximum absolute atomic E-state index is 12.9. The number of hydrogen-bond acceptors (Lipinski definition) is 2. The van der Waals surface area contributed by atoms with E-state index in [2.05, 4.69) is 28.6 Å². The van der Waals surface area contributed by atoms with Crippen molar-refractivity contribution in [3.8, 4) is 11.3 Å². The summed E-state index contributed by atoms with van der Waals surface area (Å²) in [7, 11) is 0. The standard InChI is InChI=1S/C30H37N3O2/c1-20-8-6-7-11-26(20)33-30(35)23-14-17-27-24(18-23)19-28(32-27)21-12-15-25(16-13-21)31-29(34)22-9-4-2-3-5-10-22/h12-20,22,26,32H,2-11H2,1H3,(H,31,34)(H,33,35). The summed E-state index contributed by atoms with van der Waals surface area (Å²) in [6.07, 6.45) is 11.5. The van der Waals surface area contributed by atoms with Crippen LogP contribution in [0.4, 0.5) is 5.69 Å². The maximum Gasteiger partial charge on any atom is 0.251 e. The van der Waals surface area contributed by atoms with Crippen LogP contribution in [0.3, 0.4) is 0 Å². The Hall–Kier alpha value is -3.08. The van der Waals surface area contributed by atoms with Gasteiger partial charge in [-0.3, -0.25) is 9.59 Å². The lowest BCUT2D eigenvalue weighted by atomic mass is 9.86. The summed E-state index contributed by atoms with van der Waals surface area (Å²) in [5.74, 6) is 0.842. The fraction of sp³-hybridized carbons (Fsp3) is 0.467.